The van der Waals surface area contributed by atoms with E-state index in [-0.39, 0.29) is 30.1 Å². The van der Waals surface area contributed by atoms with Crippen LogP contribution in [0, 0.1) is 5.82 Å². The summed E-state index contributed by atoms with van der Waals surface area (Å²) in [4.78, 5) is 15.2. The van der Waals surface area contributed by atoms with E-state index in [0.29, 0.717) is 12.0 Å². The highest BCUT2D eigenvalue weighted by molar-refractivity contribution is 5.69. The second kappa shape index (κ2) is 6.08. The van der Waals surface area contributed by atoms with Crippen LogP contribution in [0.5, 0.6) is 0 Å². The van der Waals surface area contributed by atoms with Gasteiger partial charge in [0, 0.05) is 12.0 Å². The van der Waals surface area contributed by atoms with Crippen molar-refractivity contribution < 1.29 is 18.4 Å². The maximum absolute atomic E-state index is 12.8. The maximum atomic E-state index is 12.8. The van der Waals surface area contributed by atoms with Crippen LogP contribution in [0.1, 0.15) is 25.6 Å². The first kappa shape index (κ1) is 13.2. The molecule has 0 amide bonds. The van der Waals surface area contributed by atoms with Crippen molar-refractivity contribution in [2.75, 3.05) is 0 Å². The van der Waals surface area contributed by atoms with Crippen molar-refractivity contribution in [3.63, 3.8) is 0 Å². The Morgan fingerprint density at radius 3 is 2.79 bits per heavy atom. The molecule has 0 spiro atoms. The number of hydrogen-bond donors (Lipinski definition) is 0. The van der Waals surface area contributed by atoms with Gasteiger partial charge in [0.15, 0.2) is 6.61 Å². The van der Waals surface area contributed by atoms with Gasteiger partial charge in [0.2, 0.25) is 5.82 Å². The molecule has 1 aromatic carbocycles. The Morgan fingerprint density at radius 2 is 2.11 bits per heavy atom. The number of rotatable bonds is 5. The lowest BCUT2D eigenvalue weighted by Crippen LogP contribution is -2.04. The number of ether oxygens (including phenoxy) is 1. The maximum Gasteiger partial charge on any atom is 0.306 e. The SMILES string of the molecule is CCCC(=O)OCc1noc(-c2ccc(F)cc2)n1. The smallest absolute Gasteiger partial charge is 0.306 e. The molecule has 0 aliphatic heterocycles. The zero-order valence-electron chi connectivity index (χ0n) is 10.4. The van der Waals surface area contributed by atoms with Gasteiger partial charge in [-0.05, 0) is 30.7 Å². The molecule has 0 bridgehead atoms. The van der Waals surface area contributed by atoms with Crippen LogP contribution in [0.2, 0.25) is 0 Å². The lowest BCUT2D eigenvalue weighted by molar-refractivity contribution is -0.145. The Hall–Kier alpha value is -2.24. The number of halogens is 1. The molecule has 19 heavy (non-hydrogen) atoms. The summed E-state index contributed by atoms with van der Waals surface area (Å²) in [7, 11) is 0. The van der Waals surface area contributed by atoms with E-state index in [0.717, 1.165) is 6.42 Å². The standard InChI is InChI=1S/C13H13FN2O3/c1-2-3-12(17)18-8-11-15-13(19-16-11)9-4-6-10(14)7-5-9/h4-7H,2-3,8H2,1H3. The molecule has 0 saturated heterocycles. The Kier molecular flexibility index (Phi) is 4.22. The molecule has 1 heterocycles. The molecule has 5 nitrogen and oxygen atoms in total. The topological polar surface area (TPSA) is 65.2 Å². The van der Waals surface area contributed by atoms with Crippen molar-refractivity contribution >= 4 is 5.97 Å². The van der Waals surface area contributed by atoms with E-state index in [1.54, 1.807) is 0 Å². The van der Waals surface area contributed by atoms with Crippen LogP contribution in [-0.4, -0.2) is 16.1 Å². The van der Waals surface area contributed by atoms with Gasteiger partial charge in [-0.25, -0.2) is 4.39 Å². The Labute approximate surface area is 109 Å². The fraction of sp³-hybridized carbons (Fsp3) is 0.308. The monoisotopic (exact) mass is 264 g/mol. The molecule has 0 aliphatic carbocycles. The van der Waals surface area contributed by atoms with Crippen LogP contribution < -0.4 is 0 Å². The number of nitrogens with zero attached hydrogens (tertiary/aromatic N) is 2. The minimum atomic E-state index is -0.336. The molecule has 2 rings (SSSR count). The highest BCUT2D eigenvalue weighted by Gasteiger charge is 2.10. The first-order valence-corrected chi connectivity index (χ1v) is 5.93. The van der Waals surface area contributed by atoms with Gasteiger partial charge in [0.1, 0.15) is 5.82 Å². The molecule has 100 valence electrons. The molecule has 0 N–H and O–H groups in total. The molecule has 0 unspecified atom stereocenters. The molecule has 6 heteroatoms. The average molecular weight is 264 g/mol. The highest BCUT2D eigenvalue weighted by atomic mass is 19.1. The lowest BCUT2D eigenvalue weighted by atomic mass is 10.2. The van der Waals surface area contributed by atoms with Gasteiger partial charge in [0.25, 0.3) is 5.89 Å². The van der Waals surface area contributed by atoms with E-state index >= 15 is 0 Å². The van der Waals surface area contributed by atoms with Crippen molar-refractivity contribution in [3.8, 4) is 11.5 Å². The fourth-order valence-electron chi connectivity index (χ4n) is 1.44. The second-order valence-corrected chi connectivity index (χ2v) is 3.93. The van der Waals surface area contributed by atoms with Crippen molar-refractivity contribution in [1.29, 1.82) is 0 Å². The molecule has 2 aromatic rings. The Morgan fingerprint density at radius 1 is 1.37 bits per heavy atom. The third-order valence-electron chi connectivity index (χ3n) is 2.38. The average Bonchev–Trinajstić information content (AvgIpc) is 2.86. The summed E-state index contributed by atoms with van der Waals surface area (Å²) in [6.07, 6.45) is 1.09. The van der Waals surface area contributed by atoms with Crippen LogP contribution in [0.15, 0.2) is 28.8 Å². The normalized spacial score (nSPS) is 10.4. The summed E-state index contributed by atoms with van der Waals surface area (Å²) in [5, 5.41) is 3.69. The van der Waals surface area contributed by atoms with Gasteiger partial charge in [-0.1, -0.05) is 12.1 Å². The largest absolute Gasteiger partial charge is 0.457 e. The summed E-state index contributed by atoms with van der Waals surface area (Å²) in [5.41, 5.74) is 0.611. The van der Waals surface area contributed by atoms with Crippen molar-refractivity contribution in [2.45, 2.75) is 26.4 Å². The van der Waals surface area contributed by atoms with E-state index in [1.807, 2.05) is 6.92 Å². The number of aromatic nitrogens is 2. The number of esters is 1. The van der Waals surface area contributed by atoms with E-state index in [9.17, 15) is 9.18 Å². The molecule has 0 saturated carbocycles. The van der Waals surface area contributed by atoms with Crippen LogP contribution in [0.25, 0.3) is 11.5 Å². The Balaban J connectivity index is 1.99. The van der Waals surface area contributed by atoms with Gasteiger partial charge in [-0.2, -0.15) is 4.98 Å². The van der Waals surface area contributed by atoms with Gasteiger partial charge < -0.3 is 9.26 Å². The van der Waals surface area contributed by atoms with E-state index < -0.39 is 0 Å². The highest BCUT2D eigenvalue weighted by Crippen LogP contribution is 2.17. The quantitative estimate of drug-likeness (QED) is 0.777. The van der Waals surface area contributed by atoms with Gasteiger partial charge >= 0.3 is 5.97 Å². The minimum Gasteiger partial charge on any atom is -0.457 e. The lowest BCUT2D eigenvalue weighted by Gasteiger charge is -1.98. The summed E-state index contributed by atoms with van der Waals surface area (Å²) in [6.45, 7) is 1.87. The van der Waals surface area contributed by atoms with Crippen molar-refractivity contribution in [1.82, 2.24) is 10.1 Å². The van der Waals surface area contributed by atoms with Gasteiger partial charge in [0.05, 0.1) is 0 Å². The first-order chi connectivity index (χ1) is 9.19. The van der Waals surface area contributed by atoms with Gasteiger partial charge in [-0.15, -0.1) is 0 Å². The van der Waals surface area contributed by atoms with Gasteiger partial charge in [-0.3, -0.25) is 4.79 Å². The number of hydrogen-bond acceptors (Lipinski definition) is 5. The molecule has 0 fully saturated rings. The summed E-state index contributed by atoms with van der Waals surface area (Å²) >= 11 is 0. The predicted molar refractivity (Wildman–Crippen MR) is 64.4 cm³/mol. The summed E-state index contributed by atoms with van der Waals surface area (Å²) in [5.74, 6) is -0.0852. The summed E-state index contributed by atoms with van der Waals surface area (Å²) < 4.78 is 22.7. The van der Waals surface area contributed by atoms with E-state index in [4.69, 9.17) is 9.26 Å². The van der Waals surface area contributed by atoms with Crippen LogP contribution in [0.3, 0.4) is 0 Å². The van der Waals surface area contributed by atoms with E-state index in [2.05, 4.69) is 10.1 Å². The van der Waals surface area contributed by atoms with Crippen molar-refractivity contribution in [3.05, 3.63) is 35.9 Å². The molecule has 1 aromatic heterocycles. The molecular weight excluding hydrogens is 251 g/mol. The van der Waals surface area contributed by atoms with Crippen LogP contribution in [0.4, 0.5) is 4.39 Å². The third kappa shape index (κ3) is 3.61. The zero-order chi connectivity index (χ0) is 13.7. The number of carbonyl (C=O) groups is 1. The third-order valence-corrected chi connectivity index (χ3v) is 2.38. The van der Waals surface area contributed by atoms with E-state index in [1.165, 1.54) is 24.3 Å². The van der Waals surface area contributed by atoms with Crippen LogP contribution in [-0.2, 0) is 16.1 Å². The Bertz CT molecular complexity index is 551. The molecule has 0 aliphatic rings. The second-order valence-electron chi connectivity index (χ2n) is 3.93. The predicted octanol–water partition coefficient (Wildman–Crippen LogP) is 2.72. The molecular formula is C13H13FN2O3. The molecule has 0 radical (unpaired) electrons. The minimum absolute atomic E-state index is 0.0243. The van der Waals surface area contributed by atoms with Crippen molar-refractivity contribution in [2.24, 2.45) is 0 Å². The molecule has 0 atom stereocenters. The number of benzene rings is 1. The number of carbonyl (C=O) groups excluding carboxylic acids is 1. The zero-order valence-corrected chi connectivity index (χ0v) is 10.4. The first-order valence-electron chi connectivity index (χ1n) is 5.93. The van der Waals surface area contributed by atoms with Crippen LogP contribution >= 0.6 is 0 Å². The fourth-order valence-corrected chi connectivity index (χ4v) is 1.44. The summed E-state index contributed by atoms with van der Waals surface area (Å²) in [6, 6.07) is 5.69.